The van der Waals surface area contributed by atoms with E-state index >= 15 is 0 Å². The Kier molecular flexibility index (Phi) is 5.32. The Balaban J connectivity index is 1.00. The lowest BCUT2D eigenvalue weighted by Gasteiger charge is -2.35. The molecule has 3 aromatic carbocycles. The maximum atomic E-state index is 14.9. The first-order chi connectivity index (χ1) is 20.8. The Hall–Kier alpha value is -5.11. The van der Waals surface area contributed by atoms with Gasteiger partial charge in [-0.15, -0.1) is 0 Å². The van der Waals surface area contributed by atoms with Crippen LogP contribution in [0.5, 0.6) is 11.5 Å². The zero-order valence-electron chi connectivity index (χ0n) is 23.6. The Morgan fingerprint density at radius 3 is 2.70 bits per heavy atom. The number of nitrogens with zero attached hydrogens (tertiary/aromatic N) is 5. The fourth-order valence-electron chi connectivity index (χ4n) is 6.90. The van der Waals surface area contributed by atoms with E-state index < -0.39 is 17.4 Å². The summed E-state index contributed by atoms with van der Waals surface area (Å²) in [6.07, 6.45) is 3.11. The molecule has 10 nitrogen and oxygen atoms in total. The minimum Gasteiger partial charge on any atom is -0.444 e. The van der Waals surface area contributed by atoms with Gasteiger partial charge in [0, 0.05) is 38.5 Å². The molecule has 5 aromatic rings. The number of ether oxygens (including phenoxy) is 2. The van der Waals surface area contributed by atoms with Gasteiger partial charge in [0.2, 0.25) is 0 Å². The second-order valence-electron chi connectivity index (χ2n) is 11.8. The molecule has 1 aliphatic carbocycles. The lowest BCUT2D eigenvalue weighted by atomic mass is 9.90. The Morgan fingerprint density at radius 1 is 1.12 bits per heavy atom. The number of nitriles is 1. The van der Waals surface area contributed by atoms with Crippen molar-refractivity contribution in [2.24, 2.45) is 12.5 Å². The second kappa shape index (κ2) is 8.94. The minimum absolute atomic E-state index is 0.196. The molecule has 43 heavy (non-hydrogen) atoms. The van der Waals surface area contributed by atoms with Crippen molar-refractivity contribution in [1.29, 1.82) is 5.26 Å². The summed E-state index contributed by atoms with van der Waals surface area (Å²) < 4.78 is 34.3. The van der Waals surface area contributed by atoms with Crippen LogP contribution in [0, 0.1) is 22.6 Å². The van der Waals surface area contributed by atoms with Crippen LogP contribution in [0.1, 0.15) is 49.1 Å². The van der Waals surface area contributed by atoms with Gasteiger partial charge in [0.15, 0.2) is 17.3 Å². The van der Waals surface area contributed by atoms with Crippen LogP contribution in [0.3, 0.4) is 0 Å². The lowest BCUT2D eigenvalue weighted by Crippen LogP contribution is -2.36. The number of anilines is 1. The minimum atomic E-state index is -1.34. The van der Waals surface area contributed by atoms with E-state index in [2.05, 4.69) is 24.1 Å². The van der Waals surface area contributed by atoms with Gasteiger partial charge in [0.25, 0.3) is 5.79 Å². The molecule has 3 aliphatic rings. The number of rotatable bonds is 4. The van der Waals surface area contributed by atoms with E-state index in [4.69, 9.17) is 19.7 Å². The molecule has 2 aliphatic heterocycles. The summed E-state index contributed by atoms with van der Waals surface area (Å²) in [6.45, 7) is 3.41. The molecule has 8 rings (SSSR count). The number of halogens is 1. The molecule has 0 bridgehead atoms. The number of piperidine rings is 1. The van der Waals surface area contributed by atoms with Crippen molar-refractivity contribution in [3.63, 3.8) is 0 Å². The highest BCUT2D eigenvalue weighted by atomic mass is 19.1. The van der Waals surface area contributed by atoms with Crippen LogP contribution in [-0.4, -0.2) is 32.8 Å². The molecular weight excluding hydrogens is 551 g/mol. The Morgan fingerprint density at radius 2 is 1.95 bits per heavy atom. The predicted octanol–water partition coefficient (Wildman–Crippen LogP) is 5.35. The Bertz CT molecular complexity index is 2030. The third kappa shape index (κ3) is 3.93. The molecule has 1 unspecified atom stereocenters. The molecule has 1 spiro atoms. The number of imidazole rings is 1. The highest BCUT2D eigenvalue weighted by Crippen LogP contribution is 2.65. The molecule has 0 radical (unpaired) electrons. The van der Waals surface area contributed by atoms with E-state index in [0.29, 0.717) is 23.2 Å². The number of aryl methyl sites for hydroxylation is 1. The molecule has 2 aromatic heterocycles. The van der Waals surface area contributed by atoms with Gasteiger partial charge < -0.3 is 18.9 Å². The highest BCUT2D eigenvalue weighted by Gasteiger charge is 2.57. The molecule has 2 fully saturated rings. The smallest absolute Gasteiger partial charge is 0.439 e. The number of nitrogens with one attached hydrogen (secondary N) is 1. The quantitative estimate of drug-likeness (QED) is 0.303. The van der Waals surface area contributed by atoms with E-state index in [0.717, 1.165) is 60.5 Å². The topological polar surface area (TPSA) is 122 Å². The van der Waals surface area contributed by atoms with E-state index in [1.54, 1.807) is 19.1 Å². The monoisotopic (exact) mass is 578 g/mol. The molecular formula is C32H27FN6O4. The maximum absolute atomic E-state index is 14.9. The summed E-state index contributed by atoms with van der Waals surface area (Å²) in [5, 5.41) is 12.9. The van der Waals surface area contributed by atoms with Crippen LogP contribution in [-0.2, 0) is 12.8 Å². The first kappa shape index (κ1) is 25.6. The van der Waals surface area contributed by atoms with Gasteiger partial charge in [-0.2, -0.15) is 5.26 Å². The molecule has 1 N–H and O–H groups in total. The molecule has 4 heterocycles. The number of hydrogen-bond acceptors (Lipinski definition) is 8. The summed E-state index contributed by atoms with van der Waals surface area (Å²) >= 11 is 0. The molecule has 1 saturated carbocycles. The van der Waals surface area contributed by atoms with Gasteiger partial charge in [-0.25, -0.2) is 14.2 Å². The van der Waals surface area contributed by atoms with Gasteiger partial charge in [0.1, 0.15) is 11.6 Å². The van der Waals surface area contributed by atoms with Crippen LogP contribution < -0.4 is 20.1 Å². The standard InChI is InChI=1S/C32H27FN6O4/c1-31(20-8-6-18(17-34)14-22(20)33)41-26-5-3-4-24(27(26)42-31)39-12-10-32(11-13-39)16-21(32)29-35-23-9-7-19(15-25(23)38(29)2)28-36-30(40)43-37-28/h3-9,14-15,21H,10-13,16H2,1-2H3,(H,36,37,40)/t21-,31?/m0/s1. The van der Waals surface area contributed by atoms with Gasteiger partial charge in [-0.05, 0) is 73.2 Å². The first-order valence-corrected chi connectivity index (χ1v) is 14.3. The molecule has 0 amide bonds. The SMILES string of the molecule is Cn1c([C@@H]2CC23CCN(c2cccc4c2OC(C)(c2ccc(C#N)cc2F)O4)CC3)nc2ccc(-c3noc(=O)[nH]3)cc21. The van der Waals surface area contributed by atoms with Crippen molar-refractivity contribution in [3.8, 4) is 29.0 Å². The molecule has 11 heteroatoms. The highest BCUT2D eigenvalue weighted by molar-refractivity contribution is 5.81. The van der Waals surface area contributed by atoms with Crippen molar-refractivity contribution >= 4 is 16.7 Å². The first-order valence-electron chi connectivity index (χ1n) is 14.3. The van der Waals surface area contributed by atoms with Crippen LogP contribution in [0.4, 0.5) is 10.1 Å². The fraction of sp³-hybridized carbons (Fsp3) is 0.312. The van der Waals surface area contributed by atoms with Crippen molar-refractivity contribution in [3.05, 3.63) is 87.9 Å². The van der Waals surface area contributed by atoms with Crippen LogP contribution in [0.15, 0.2) is 63.9 Å². The van der Waals surface area contributed by atoms with Crippen LogP contribution in [0.25, 0.3) is 22.4 Å². The van der Waals surface area contributed by atoms with Crippen molar-refractivity contribution in [2.45, 2.75) is 37.9 Å². The third-order valence-corrected chi connectivity index (χ3v) is 9.38. The predicted molar refractivity (Wildman–Crippen MR) is 154 cm³/mol. The van der Waals surface area contributed by atoms with E-state index in [9.17, 15) is 9.18 Å². The van der Waals surface area contributed by atoms with E-state index in [1.165, 1.54) is 6.07 Å². The van der Waals surface area contributed by atoms with E-state index in [-0.39, 0.29) is 16.5 Å². The normalized spacial score (nSPS) is 21.8. The van der Waals surface area contributed by atoms with Crippen LogP contribution in [0.2, 0.25) is 0 Å². The van der Waals surface area contributed by atoms with Gasteiger partial charge >= 0.3 is 5.76 Å². The zero-order valence-corrected chi connectivity index (χ0v) is 23.6. The molecule has 2 atom stereocenters. The number of para-hydroxylation sites is 1. The van der Waals surface area contributed by atoms with Crippen molar-refractivity contribution in [2.75, 3.05) is 18.0 Å². The van der Waals surface area contributed by atoms with Gasteiger partial charge in [-0.1, -0.05) is 11.2 Å². The van der Waals surface area contributed by atoms with Crippen molar-refractivity contribution in [1.82, 2.24) is 19.7 Å². The number of fused-ring (bicyclic) bond motifs is 2. The second-order valence-corrected chi connectivity index (χ2v) is 11.8. The summed E-state index contributed by atoms with van der Waals surface area (Å²) in [5.41, 5.74) is 4.28. The fourth-order valence-corrected chi connectivity index (χ4v) is 6.90. The van der Waals surface area contributed by atoms with Gasteiger partial charge in [0.05, 0.1) is 33.9 Å². The lowest BCUT2D eigenvalue weighted by molar-refractivity contribution is -0.0705. The largest absolute Gasteiger partial charge is 0.444 e. The molecule has 1 saturated heterocycles. The summed E-state index contributed by atoms with van der Waals surface area (Å²) in [5.74, 6) is 0.561. The number of benzene rings is 3. The number of aromatic nitrogens is 4. The van der Waals surface area contributed by atoms with Crippen molar-refractivity contribution < 1.29 is 18.4 Å². The Labute approximate surface area is 245 Å². The average Bonchev–Trinajstić information content (AvgIpc) is 3.28. The number of aromatic amines is 1. The number of H-pyrrole nitrogens is 1. The maximum Gasteiger partial charge on any atom is 0.439 e. The average molecular weight is 579 g/mol. The third-order valence-electron chi connectivity index (χ3n) is 9.38. The zero-order chi connectivity index (χ0) is 29.5. The van der Waals surface area contributed by atoms with Gasteiger partial charge in [-0.3, -0.25) is 9.51 Å². The number of hydrogen-bond donors (Lipinski definition) is 1. The molecule has 216 valence electrons. The van der Waals surface area contributed by atoms with Crippen LogP contribution >= 0.6 is 0 Å². The summed E-state index contributed by atoms with van der Waals surface area (Å²) in [7, 11) is 2.04. The summed E-state index contributed by atoms with van der Waals surface area (Å²) in [4.78, 5) is 21.3. The summed E-state index contributed by atoms with van der Waals surface area (Å²) in [6, 6.07) is 17.9. The van der Waals surface area contributed by atoms with E-state index in [1.807, 2.05) is 49.5 Å².